The third-order valence-electron chi connectivity index (χ3n) is 3.52. The molecule has 18 heavy (non-hydrogen) atoms. The first-order valence-corrected chi connectivity index (χ1v) is 6.53. The van der Waals surface area contributed by atoms with Crippen molar-refractivity contribution in [1.29, 1.82) is 0 Å². The lowest BCUT2D eigenvalue weighted by molar-refractivity contribution is -0.124. The number of hydrogen-bond donors (Lipinski definition) is 1. The lowest BCUT2D eigenvalue weighted by Crippen LogP contribution is -2.30. The van der Waals surface area contributed by atoms with Crippen LogP contribution in [0.4, 0.5) is 0 Å². The van der Waals surface area contributed by atoms with Crippen LogP contribution in [0.5, 0.6) is 0 Å². The lowest BCUT2D eigenvalue weighted by Gasteiger charge is -2.10. The van der Waals surface area contributed by atoms with Crippen molar-refractivity contribution < 1.29 is 4.79 Å². The van der Waals surface area contributed by atoms with Crippen LogP contribution in [0.2, 0.25) is 0 Å². The summed E-state index contributed by atoms with van der Waals surface area (Å²) in [6, 6.07) is 5.94. The monoisotopic (exact) mass is 243 g/mol. The molecular formula is C14H17N3O. The second-order valence-electron chi connectivity index (χ2n) is 4.89. The second kappa shape index (κ2) is 4.80. The van der Waals surface area contributed by atoms with E-state index in [1.807, 2.05) is 35.0 Å². The number of amides is 1. The van der Waals surface area contributed by atoms with E-state index in [0.717, 1.165) is 43.6 Å². The van der Waals surface area contributed by atoms with Gasteiger partial charge in [0.15, 0.2) is 0 Å². The van der Waals surface area contributed by atoms with Gasteiger partial charge in [-0.1, -0.05) is 12.5 Å². The smallest absolute Gasteiger partial charge is 0.223 e. The van der Waals surface area contributed by atoms with E-state index >= 15 is 0 Å². The van der Waals surface area contributed by atoms with E-state index in [1.54, 1.807) is 0 Å². The van der Waals surface area contributed by atoms with Crippen LogP contribution in [0.3, 0.4) is 0 Å². The molecule has 1 atom stereocenters. The van der Waals surface area contributed by atoms with E-state index in [4.69, 9.17) is 0 Å². The summed E-state index contributed by atoms with van der Waals surface area (Å²) in [5.74, 6) is 0.266. The van der Waals surface area contributed by atoms with Gasteiger partial charge in [-0.2, -0.15) is 0 Å². The van der Waals surface area contributed by atoms with Gasteiger partial charge in [-0.3, -0.25) is 4.79 Å². The van der Waals surface area contributed by atoms with E-state index in [1.165, 1.54) is 0 Å². The number of nitrogens with one attached hydrogen (secondary N) is 1. The largest absolute Gasteiger partial charge is 0.356 e. The fourth-order valence-corrected chi connectivity index (χ4v) is 2.54. The van der Waals surface area contributed by atoms with E-state index in [9.17, 15) is 4.79 Å². The molecule has 1 fully saturated rings. The molecule has 0 bridgehead atoms. The number of fused-ring (bicyclic) bond motifs is 1. The normalized spacial score (nSPS) is 20.7. The van der Waals surface area contributed by atoms with Gasteiger partial charge in [-0.05, 0) is 25.0 Å². The zero-order valence-electron chi connectivity index (χ0n) is 10.3. The van der Waals surface area contributed by atoms with Crippen molar-refractivity contribution in [2.75, 3.05) is 6.54 Å². The zero-order chi connectivity index (χ0) is 12.4. The molecule has 0 aliphatic carbocycles. The summed E-state index contributed by atoms with van der Waals surface area (Å²) in [6.45, 7) is 0.820. The van der Waals surface area contributed by atoms with E-state index in [0.29, 0.717) is 0 Å². The Hall–Kier alpha value is -1.84. The maximum Gasteiger partial charge on any atom is 0.223 e. The SMILES string of the molecule is O=C1NCCCCC1Cc1cn2ccccc2n1. The Morgan fingerprint density at radius 1 is 1.39 bits per heavy atom. The third kappa shape index (κ3) is 2.23. The molecule has 0 radical (unpaired) electrons. The van der Waals surface area contributed by atoms with Crippen LogP contribution >= 0.6 is 0 Å². The van der Waals surface area contributed by atoms with Gasteiger partial charge in [0.05, 0.1) is 5.69 Å². The molecule has 1 saturated heterocycles. The van der Waals surface area contributed by atoms with Crippen molar-refractivity contribution in [3.05, 3.63) is 36.3 Å². The number of carbonyl (C=O) groups is 1. The van der Waals surface area contributed by atoms with Crippen LogP contribution in [0.15, 0.2) is 30.6 Å². The van der Waals surface area contributed by atoms with Gasteiger partial charge in [0.2, 0.25) is 5.91 Å². The minimum atomic E-state index is 0.0809. The molecule has 94 valence electrons. The standard InChI is InChI=1S/C14H17N3O/c18-14-11(5-1-3-7-15-14)9-12-10-17-8-4-2-6-13(17)16-12/h2,4,6,8,10-11H,1,3,5,7,9H2,(H,15,18). The third-order valence-corrected chi connectivity index (χ3v) is 3.52. The highest BCUT2D eigenvalue weighted by Crippen LogP contribution is 2.18. The summed E-state index contributed by atoms with van der Waals surface area (Å²) >= 11 is 0. The average molecular weight is 243 g/mol. The molecule has 1 N–H and O–H groups in total. The summed E-state index contributed by atoms with van der Waals surface area (Å²) in [7, 11) is 0. The van der Waals surface area contributed by atoms with E-state index < -0.39 is 0 Å². The number of pyridine rings is 1. The summed E-state index contributed by atoms with van der Waals surface area (Å²) in [5, 5.41) is 2.98. The predicted molar refractivity (Wildman–Crippen MR) is 69.2 cm³/mol. The van der Waals surface area contributed by atoms with Crippen LogP contribution < -0.4 is 5.32 Å². The van der Waals surface area contributed by atoms with Crippen molar-refractivity contribution in [2.45, 2.75) is 25.7 Å². The Kier molecular flexibility index (Phi) is 3.00. The second-order valence-corrected chi connectivity index (χ2v) is 4.89. The van der Waals surface area contributed by atoms with Gasteiger partial charge >= 0.3 is 0 Å². The molecular weight excluding hydrogens is 226 g/mol. The first kappa shape index (κ1) is 11.3. The lowest BCUT2D eigenvalue weighted by atomic mass is 9.97. The zero-order valence-corrected chi connectivity index (χ0v) is 10.3. The molecule has 4 nitrogen and oxygen atoms in total. The Labute approximate surface area is 106 Å². The number of rotatable bonds is 2. The van der Waals surface area contributed by atoms with Crippen molar-refractivity contribution in [3.8, 4) is 0 Å². The van der Waals surface area contributed by atoms with E-state index in [-0.39, 0.29) is 11.8 Å². The number of imidazole rings is 1. The Morgan fingerprint density at radius 3 is 3.22 bits per heavy atom. The molecule has 4 heteroatoms. The molecule has 0 spiro atoms. The highest BCUT2D eigenvalue weighted by Gasteiger charge is 2.21. The van der Waals surface area contributed by atoms with Gasteiger partial charge < -0.3 is 9.72 Å². The van der Waals surface area contributed by atoms with Crippen LogP contribution in [0.1, 0.15) is 25.0 Å². The van der Waals surface area contributed by atoms with Crippen LogP contribution in [0, 0.1) is 5.92 Å². The van der Waals surface area contributed by atoms with Crippen LogP contribution in [-0.2, 0) is 11.2 Å². The van der Waals surface area contributed by atoms with Gasteiger partial charge in [0, 0.05) is 31.3 Å². The molecule has 1 unspecified atom stereocenters. The first-order valence-electron chi connectivity index (χ1n) is 6.53. The Morgan fingerprint density at radius 2 is 2.33 bits per heavy atom. The Balaban J connectivity index is 1.80. The highest BCUT2D eigenvalue weighted by molar-refractivity contribution is 5.79. The summed E-state index contributed by atoms with van der Waals surface area (Å²) in [5.41, 5.74) is 1.95. The number of nitrogens with zero attached hydrogens (tertiary/aromatic N) is 2. The van der Waals surface area contributed by atoms with Crippen molar-refractivity contribution >= 4 is 11.6 Å². The molecule has 3 rings (SSSR count). The van der Waals surface area contributed by atoms with Crippen LogP contribution in [0.25, 0.3) is 5.65 Å². The van der Waals surface area contributed by atoms with Gasteiger partial charge in [0.25, 0.3) is 0 Å². The number of carbonyl (C=O) groups excluding carboxylic acids is 1. The minimum absolute atomic E-state index is 0.0809. The molecule has 0 aromatic carbocycles. The summed E-state index contributed by atoms with van der Waals surface area (Å²) < 4.78 is 2.00. The van der Waals surface area contributed by atoms with Crippen LogP contribution in [-0.4, -0.2) is 21.8 Å². The number of hydrogen-bond acceptors (Lipinski definition) is 2. The number of aromatic nitrogens is 2. The topological polar surface area (TPSA) is 46.4 Å². The van der Waals surface area contributed by atoms with Crippen molar-refractivity contribution in [2.24, 2.45) is 5.92 Å². The molecule has 2 aromatic heterocycles. The average Bonchev–Trinajstić information content (AvgIpc) is 2.68. The maximum atomic E-state index is 11.9. The highest BCUT2D eigenvalue weighted by atomic mass is 16.1. The summed E-state index contributed by atoms with van der Waals surface area (Å²) in [4.78, 5) is 16.4. The summed E-state index contributed by atoms with van der Waals surface area (Å²) in [6.07, 6.45) is 7.93. The van der Waals surface area contributed by atoms with Gasteiger partial charge in [-0.15, -0.1) is 0 Å². The first-order chi connectivity index (χ1) is 8.83. The molecule has 1 aliphatic heterocycles. The minimum Gasteiger partial charge on any atom is -0.356 e. The molecule has 2 aromatic rings. The van der Waals surface area contributed by atoms with E-state index in [2.05, 4.69) is 10.3 Å². The molecule has 1 aliphatic rings. The molecule has 0 saturated carbocycles. The van der Waals surface area contributed by atoms with Gasteiger partial charge in [-0.25, -0.2) is 4.98 Å². The quantitative estimate of drug-likeness (QED) is 0.874. The Bertz CT molecular complexity index is 528. The molecule has 1 amide bonds. The van der Waals surface area contributed by atoms with Crippen molar-refractivity contribution in [1.82, 2.24) is 14.7 Å². The fraction of sp³-hybridized carbons (Fsp3) is 0.429. The molecule has 3 heterocycles. The van der Waals surface area contributed by atoms with Gasteiger partial charge in [0.1, 0.15) is 5.65 Å². The predicted octanol–water partition coefficient (Wildman–Crippen LogP) is 1.79. The fourth-order valence-electron chi connectivity index (χ4n) is 2.54. The van der Waals surface area contributed by atoms with Crippen molar-refractivity contribution in [3.63, 3.8) is 0 Å². The maximum absolute atomic E-state index is 11.9.